The number of para-hydroxylation sites is 1. The maximum absolute atomic E-state index is 14.8. The van der Waals surface area contributed by atoms with Crippen LogP contribution in [0, 0.1) is 0 Å². The van der Waals surface area contributed by atoms with E-state index in [1.54, 1.807) is 60.8 Å². The number of fused-ring (bicyclic) bond motifs is 1. The Balaban J connectivity index is 1.57. The van der Waals surface area contributed by atoms with Crippen molar-refractivity contribution in [2.75, 3.05) is 31.3 Å². The van der Waals surface area contributed by atoms with Gasteiger partial charge < -0.3 is 73.7 Å². The lowest BCUT2D eigenvalue weighted by atomic mass is 10.0. The van der Waals surface area contributed by atoms with E-state index in [0.29, 0.717) is 24.0 Å². The molecular weight excluding hydrogens is 1010 g/mol. The van der Waals surface area contributed by atoms with Crippen molar-refractivity contribution in [3.8, 4) is 0 Å². The fraction of sp³-hybridized carbons (Fsp3) is 0.451. The number of hydrogen-bond donors (Lipinski definition) is 13. The fourth-order valence-electron chi connectivity index (χ4n) is 7.94. The molecule has 2 heterocycles. The highest BCUT2D eigenvalue weighted by molar-refractivity contribution is 8.76. The molecule has 24 heteroatoms. The van der Waals surface area contributed by atoms with Gasteiger partial charge in [-0.1, -0.05) is 100 Å². The Hall–Kier alpha value is -6.54. The third kappa shape index (κ3) is 18.7. The highest BCUT2D eigenvalue weighted by Gasteiger charge is 2.36. The number of aliphatic hydroxyl groups is 3. The summed E-state index contributed by atoms with van der Waals surface area (Å²) in [5, 5.41) is 50.1. The zero-order chi connectivity index (χ0) is 54.4. The third-order valence-electron chi connectivity index (χ3n) is 12.2. The monoisotopic (exact) mass is 1080 g/mol. The maximum atomic E-state index is 14.8. The molecule has 0 radical (unpaired) electrons. The number of nitrogens with two attached hydrogens (primary N) is 2. The number of unbranched alkanes of at least 4 members (excludes halogenated alkanes) is 1. The smallest absolute Gasteiger partial charge is 0.331 e. The first kappa shape index (κ1) is 59.3. The van der Waals surface area contributed by atoms with Crippen LogP contribution in [0.1, 0.15) is 49.8 Å². The van der Waals surface area contributed by atoms with E-state index in [-0.39, 0.29) is 43.7 Å². The van der Waals surface area contributed by atoms with Crippen molar-refractivity contribution in [2.24, 2.45) is 11.5 Å². The number of aromatic nitrogens is 1. The molecule has 406 valence electrons. The van der Waals surface area contributed by atoms with Crippen LogP contribution in [0.15, 0.2) is 91.1 Å². The number of aromatic amines is 1. The molecule has 1 saturated heterocycles. The van der Waals surface area contributed by atoms with Crippen molar-refractivity contribution < 1.29 is 58.4 Å². The van der Waals surface area contributed by atoms with Crippen molar-refractivity contribution >= 4 is 79.8 Å². The molecule has 0 bridgehead atoms. The molecular formula is C51H68N10O12S2. The normalized spacial score (nSPS) is 22.1. The van der Waals surface area contributed by atoms with Gasteiger partial charge in [0.15, 0.2) is 0 Å². The summed E-state index contributed by atoms with van der Waals surface area (Å²) in [5.41, 5.74) is 15.0. The Bertz CT molecular complexity index is 2540. The second-order valence-corrected chi connectivity index (χ2v) is 20.7. The standard InChI is InChI=1S/C51H68N10O12S2/c1-29(63)40(26-73-43(65)25-62)58-50(71)42-28-75-74-27-41(59-45(66)35(53)21-31-13-5-3-6-14-31)49(70)56-38(22-32-15-7-4-8-16-32)47(68)57-39(23-33-24-54-36-18-10-9-17-34(33)36)48(69)55-37(19-11-12-20-52)46(67)61-44(30(2)64)51(72)60-42/h3-10,13-18,24,29-30,35,37-42,44,54,62-64H,11-12,19-23,25-28,52-53H2,1-2H3,(H,55,69)(H,56,70)(H,57,68)(H,58,71)(H,59,66)(H,60,72)(H,61,67)/t29-,30-,35-,37+,38+,39-,40+,41+,42+,44+/m1/s1. The number of H-pyrrole nitrogens is 1. The number of rotatable bonds is 19. The molecule has 4 aromatic rings. The topological polar surface area (TPSA) is 359 Å². The second kappa shape index (κ2) is 30.1. The summed E-state index contributed by atoms with van der Waals surface area (Å²) in [6.45, 7) is 1.25. The van der Waals surface area contributed by atoms with Crippen molar-refractivity contribution in [3.63, 3.8) is 0 Å². The maximum Gasteiger partial charge on any atom is 0.331 e. The molecule has 22 nitrogen and oxygen atoms in total. The van der Waals surface area contributed by atoms with E-state index in [1.807, 2.05) is 30.3 Å². The quantitative estimate of drug-likeness (QED) is 0.0296. The molecule has 75 heavy (non-hydrogen) atoms. The lowest BCUT2D eigenvalue weighted by Gasteiger charge is -2.29. The molecule has 0 spiro atoms. The van der Waals surface area contributed by atoms with E-state index in [4.69, 9.17) is 21.3 Å². The van der Waals surface area contributed by atoms with Gasteiger partial charge in [0, 0.05) is 41.4 Å². The van der Waals surface area contributed by atoms with Crippen LogP contribution in [-0.4, -0.2) is 159 Å². The Morgan fingerprint density at radius 1 is 0.733 bits per heavy atom. The number of carbonyl (C=O) groups is 8. The minimum Gasteiger partial charge on any atom is -0.462 e. The van der Waals surface area contributed by atoms with E-state index in [1.165, 1.54) is 13.8 Å². The van der Waals surface area contributed by atoms with Gasteiger partial charge in [0.05, 0.1) is 24.3 Å². The number of esters is 1. The molecule has 0 aliphatic carbocycles. The Labute approximate surface area is 442 Å². The minimum atomic E-state index is -1.72. The molecule has 0 unspecified atom stereocenters. The van der Waals surface area contributed by atoms with E-state index in [2.05, 4.69) is 42.2 Å². The average molecular weight is 1080 g/mol. The number of hydrogen-bond acceptors (Lipinski definition) is 16. The zero-order valence-electron chi connectivity index (χ0n) is 41.7. The third-order valence-corrected chi connectivity index (χ3v) is 14.6. The van der Waals surface area contributed by atoms with Crippen LogP contribution in [0.3, 0.4) is 0 Å². The predicted molar refractivity (Wildman–Crippen MR) is 283 cm³/mol. The lowest BCUT2D eigenvalue weighted by Crippen LogP contribution is -2.62. The summed E-state index contributed by atoms with van der Waals surface area (Å²) in [6.07, 6.45) is -0.469. The number of aliphatic hydroxyl groups excluding tert-OH is 3. The fourth-order valence-corrected chi connectivity index (χ4v) is 10.3. The largest absolute Gasteiger partial charge is 0.462 e. The SMILES string of the molecule is C[C@@H](O)[C@H](COC(=O)CO)NC(=O)[C@@H]1CSSC[C@H](NC(=O)[C@H](N)Cc2ccccc2)C(=O)N[C@@H](Cc2ccccc2)C(=O)N[C@H](Cc2c[nH]c3ccccc23)C(=O)N[C@@H](CCCCN)C(=O)N[C@@H]([C@@H](C)O)C(=O)N1. The van der Waals surface area contributed by atoms with Crippen molar-refractivity contribution in [1.29, 1.82) is 0 Å². The molecule has 1 aliphatic heterocycles. The van der Waals surface area contributed by atoms with E-state index < -0.39 is 121 Å². The highest BCUT2D eigenvalue weighted by atomic mass is 33.1. The predicted octanol–water partition coefficient (Wildman–Crippen LogP) is -1.26. The molecule has 1 aliphatic rings. The van der Waals surface area contributed by atoms with Gasteiger partial charge in [0.2, 0.25) is 41.4 Å². The Kier molecular flexibility index (Phi) is 23.8. The molecule has 7 amide bonds. The first-order valence-corrected chi connectivity index (χ1v) is 27.0. The highest BCUT2D eigenvalue weighted by Crippen LogP contribution is 2.24. The minimum absolute atomic E-state index is 0.00591. The number of amides is 7. The van der Waals surface area contributed by atoms with Crippen molar-refractivity contribution in [2.45, 2.75) is 113 Å². The molecule has 15 N–H and O–H groups in total. The van der Waals surface area contributed by atoms with Gasteiger partial charge in [-0.05, 0) is 68.8 Å². The van der Waals surface area contributed by atoms with Gasteiger partial charge >= 0.3 is 5.97 Å². The summed E-state index contributed by atoms with van der Waals surface area (Å²) in [7, 11) is 1.98. The molecule has 1 fully saturated rings. The van der Waals surface area contributed by atoms with Gasteiger partial charge in [0.25, 0.3) is 0 Å². The van der Waals surface area contributed by atoms with Gasteiger partial charge in [-0.3, -0.25) is 33.6 Å². The average Bonchev–Trinajstić information content (AvgIpc) is 3.80. The van der Waals surface area contributed by atoms with Crippen LogP contribution in [0.5, 0.6) is 0 Å². The van der Waals surface area contributed by atoms with Gasteiger partial charge in [0.1, 0.15) is 49.5 Å². The van der Waals surface area contributed by atoms with Crippen LogP contribution in [0.25, 0.3) is 10.9 Å². The molecule has 1 aromatic heterocycles. The number of ether oxygens (including phenoxy) is 1. The van der Waals surface area contributed by atoms with Crippen molar-refractivity contribution in [1.82, 2.24) is 42.2 Å². The van der Waals surface area contributed by atoms with Crippen LogP contribution in [0.4, 0.5) is 0 Å². The summed E-state index contributed by atoms with van der Waals surface area (Å²) < 4.78 is 4.95. The van der Waals surface area contributed by atoms with Crippen LogP contribution in [0.2, 0.25) is 0 Å². The summed E-state index contributed by atoms with van der Waals surface area (Å²) in [6, 6.07) is 14.0. The van der Waals surface area contributed by atoms with Crippen LogP contribution < -0.4 is 48.7 Å². The zero-order valence-corrected chi connectivity index (χ0v) is 43.3. The number of nitrogens with one attached hydrogen (secondary N) is 8. The first-order chi connectivity index (χ1) is 36.0. The van der Waals surface area contributed by atoms with E-state index >= 15 is 0 Å². The van der Waals surface area contributed by atoms with Gasteiger partial charge in [-0.25, -0.2) is 4.79 Å². The van der Waals surface area contributed by atoms with E-state index in [9.17, 15) is 48.6 Å². The Morgan fingerprint density at radius 2 is 1.33 bits per heavy atom. The molecule has 3 aromatic carbocycles. The second-order valence-electron chi connectivity index (χ2n) is 18.1. The first-order valence-electron chi connectivity index (χ1n) is 24.6. The Morgan fingerprint density at radius 3 is 1.99 bits per heavy atom. The summed E-state index contributed by atoms with van der Waals surface area (Å²) in [5.74, 6) is -7.40. The van der Waals surface area contributed by atoms with Crippen molar-refractivity contribution in [3.05, 3.63) is 108 Å². The lowest BCUT2D eigenvalue weighted by molar-refractivity contribution is -0.149. The van der Waals surface area contributed by atoms with Gasteiger partial charge in [-0.2, -0.15) is 0 Å². The van der Waals surface area contributed by atoms with Crippen LogP contribution >= 0.6 is 21.6 Å². The van der Waals surface area contributed by atoms with Gasteiger partial charge in [-0.15, -0.1) is 0 Å². The van der Waals surface area contributed by atoms with E-state index in [0.717, 1.165) is 38.1 Å². The summed E-state index contributed by atoms with van der Waals surface area (Å²) in [4.78, 5) is 115. The molecule has 10 atom stereocenters. The van der Waals surface area contributed by atoms with Crippen LogP contribution in [-0.2, 0) is 62.4 Å². The molecule has 5 rings (SSSR count). The number of benzene rings is 3. The molecule has 0 saturated carbocycles. The number of carbonyl (C=O) groups excluding carboxylic acids is 8. The summed E-state index contributed by atoms with van der Waals surface area (Å²) >= 11 is 0.